The maximum atomic E-state index is 11.4. The third-order valence-corrected chi connectivity index (χ3v) is 1.93. The van der Waals surface area contributed by atoms with Gasteiger partial charge in [0, 0.05) is 24.3 Å². The molecule has 82 valence electrons. The monoisotopic (exact) mass is 208 g/mol. The van der Waals surface area contributed by atoms with E-state index in [1.807, 2.05) is 19.1 Å². The Morgan fingerprint density at radius 1 is 1.33 bits per heavy atom. The maximum absolute atomic E-state index is 11.4. The highest BCUT2D eigenvalue weighted by Crippen LogP contribution is 2.08. The van der Waals surface area contributed by atoms with Crippen molar-refractivity contribution in [3.8, 4) is 0 Å². The molecule has 0 atom stereocenters. The standard InChI is InChI=1S/C11H16N2O2/c1-2-12-10-5-3-9(4-6-10)11(15)13-7-8-14/h3-6,12,14H,2,7-8H2,1H3,(H,13,15). The van der Waals surface area contributed by atoms with Crippen molar-refractivity contribution in [3.63, 3.8) is 0 Å². The van der Waals surface area contributed by atoms with Gasteiger partial charge < -0.3 is 15.7 Å². The minimum absolute atomic E-state index is 0.0405. The third-order valence-electron chi connectivity index (χ3n) is 1.93. The van der Waals surface area contributed by atoms with Crippen LogP contribution in [-0.4, -0.2) is 30.7 Å². The fraction of sp³-hybridized carbons (Fsp3) is 0.364. The van der Waals surface area contributed by atoms with E-state index < -0.39 is 0 Å². The van der Waals surface area contributed by atoms with E-state index in [2.05, 4.69) is 10.6 Å². The lowest BCUT2D eigenvalue weighted by Crippen LogP contribution is -2.26. The molecule has 0 fully saturated rings. The van der Waals surface area contributed by atoms with Crippen LogP contribution in [-0.2, 0) is 0 Å². The first-order valence-electron chi connectivity index (χ1n) is 5.01. The Morgan fingerprint density at radius 2 is 2.00 bits per heavy atom. The molecule has 0 aliphatic heterocycles. The van der Waals surface area contributed by atoms with Gasteiger partial charge in [0.25, 0.3) is 5.91 Å². The summed E-state index contributed by atoms with van der Waals surface area (Å²) in [5.41, 5.74) is 1.60. The molecule has 4 nitrogen and oxygen atoms in total. The van der Waals surface area contributed by atoms with Gasteiger partial charge in [0.15, 0.2) is 0 Å². The molecule has 0 spiro atoms. The molecule has 0 heterocycles. The topological polar surface area (TPSA) is 61.4 Å². The minimum atomic E-state index is -0.160. The van der Waals surface area contributed by atoms with E-state index in [0.717, 1.165) is 12.2 Å². The fourth-order valence-corrected chi connectivity index (χ4v) is 1.22. The SMILES string of the molecule is CCNc1ccc(C(=O)NCCO)cc1. The number of aliphatic hydroxyl groups is 1. The van der Waals surface area contributed by atoms with Crippen LogP contribution in [0.5, 0.6) is 0 Å². The number of nitrogens with one attached hydrogen (secondary N) is 2. The largest absolute Gasteiger partial charge is 0.395 e. The molecule has 0 saturated heterocycles. The molecule has 0 aliphatic rings. The van der Waals surface area contributed by atoms with Crippen molar-refractivity contribution >= 4 is 11.6 Å². The van der Waals surface area contributed by atoms with Crippen LogP contribution in [0.2, 0.25) is 0 Å². The number of carbonyl (C=O) groups is 1. The van der Waals surface area contributed by atoms with Crippen LogP contribution in [0.4, 0.5) is 5.69 Å². The Hall–Kier alpha value is -1.55. The predicted molar refractivity (Wildman–Crippen MR) is 60.0 cm³/mol. The zero-order valence-electron chi connectivity index (χ0n) is 8.79. The summed E-state index contributed by atoms with van der Waals surface area (Å²) in [5, 5.41) is 14.3. The molecule has 0 aromatic heterocycles. The molecule has 0 aliphatic carbocycles. The summed E-state index contributed by atoms with van der Waals surface area (Å²) >= 11 is 0. The van der Waals surface area contributed by atoms with E-state index in [1.54, 1.807) is 12.1 Å². The molecule has 1 rings (SSSR count). The Balaban J connectivity index is 2.58. The van der Waals surface area contributed by atoms with Gasteiger partial charge >= 0.3 is 0 Å². The third kappa shape index (κ3) is 3.59. The molecule has 3 N–H and O–H groups in total. The number of hydrogen-bond acceptors (Lipinski definition) is 3. The number of carbonyl (C=O) groups excluding carboxylic acids is 1. The van der Waals surface area contributed by atoms with E-state index in [9.17, 15) is 4.79 Å². The van der Waals surface area contributed by atoms with Gasteiger partial charge in [-0.05, 0) is 31.2 Å². The molecular formula is C11H16N2O2. The van der Waals surface area contributed by atoms with Gasteiger partial charge in [0.05, 0.1) is 6.61 Å². The lowest BCUT2D eigenvalue weighted by molar-refractivity contribution is 0.0945. The predicted octanol–water partition coefficient (Wildman–Crippen LogP) is 0.840. The minimum Gasteiger partial charge on any atom is -0.395 e. The summed E-state index contributed by atoms with van der Waals surface area (Å²) < 4.78 is 0. The average molecular weight is 208 g/mol. The van der Waals surface area contributed by atoms with Gasteiger partial charge in [-0.3, -0.25) is 4.79 Å². The second-order valence-corrected chi connectivity index (χ2v) is 3.09. The van der Waals surface area contributed by atoms with Crippen molar-refractivity contribution in [2.45, 2.75) is 6.92 Å². The van der Waals surface area contributed by atoms with Crippen molar-refractivity contribution in [1.29, 1.82) is 0 Å². The van der Waals surface area contributed by atoms with Crippen molar-refractivity contribution < 1.29 is 9.90 Å². The van der Waals surface area contributed by atoms with Gasteiger partial charge in [-0.25, -0.2) is 0 Å². The number of hydrogen-bond donors (Lipinski definition) is 3. The summed E-state index contributed by atoms with van der Waals surface area (Å²) in [5.74, 6) is -0.160. The quantitative estimate of drug-likeness (QED) is 0.672. The molecule has 4 heteroatoms. The molecule has 0 bridgehead atoms. The van der Waals surface area contributed by atoms with Crippen LogP contribution >= 0.6 is 0 Å². The van der Waals surface area contributed by atoms with E-state index in [4.69, 9.17) is 5.11 Å². The van der Waals surface area contributed by atoms with Crippen molar-refractivity contribution in [2.75, 3.05) is 25.0 Å². The molecule has 15 heavy (non-hydrogen) atoms. The van der Waals surface area contributed by atoms with Crippen LogP contribution in [0.1, 0.15) is 17.3 Å². The molecular weight excluding hydrogens is 192 g/mol. The van der Waals surface area contributed by atoms with Crippen molar-refractivity contribution in [3.05, 3.63) is 29.8 Å². The zero-order valence-corrected chi connectivity index (χ0v) is 8.79. The molecule has 0 unspecified atom stereocenters. The number of anilines is 1. The summed E-state index contributed by atoms with van der Waals surface area (Å²) in [6.45, 7) is 3.12. The summed E-state index contributed by atoms with van der Waals surface area (Å²) in [6.07, 6.45) is 0. The molecule has 0 saturated carbocycles. The second kappa shape index (κ2) is 6.03. The highest BCUT2D eigenvalue weighted by molar-refractivity contribution is 5.94. The van der Waals surface area contributed by atoms with Gasteiger partial charge in [0.1, 0.15) is 0 Å². The van der Waals surface area contributed by atoms with Gasteiger partial charge in [0.2, 0.25) is 0 Å². The Bertz CT molecular complexity index is 309. The van der Waals surface area contributed by atoms with Crippen molar-refractivity contribution in [2.24, 2.45) is 0 Å². The Labute approximate surface area is 89.3 Å². The van der Waals surface area contributed by atoms with Crippen molar-refractivity contribution in [1.82, 2.24) is 5.32 Å². The molecule has 0 radical (unpaired) electrons. The highest BCUT2D eigenvalue weighted by Gasteiger charge is 2.03. The lowest BCUT2D eigenvalue weighted by atomic mass is 10.2. The summed E-state index contributed by atoms with van der Waals surface area (Å²) in [6, 6.07) is 7.23. The van der Waals surface area contributed by atoms with E-state index in [-0.39, 0.29) is 19.1 Å². The number of benzene rings is 1. The van der Waals surface area contributed by atoms with Crippen LogP contribution < -0.4 is 10.6 Å². The lowest BCUT2D eigenvalue weighted by Gasteiger charge is -2.05. The van der Waals surface area contributed by atoms with Gasteiger partial charge in [-0.2, -0.15) is 0 Å². The fourth-order valence-electron chi connectivity index (χ4n) is 1.22. The second-order valence-electron chi connectivity index (χ2n) is 3.09. The van der Waals surface area contributed by atoms with Crippen LogP contribution in [0.25, 0.3) is 0 Å². The number of rotatable bonds is 5. The van der Waals surface area contributed by atoms with Gasteiger partial charge in [-0.1, -0.05) is 0 Å². The van der Waals surface area contributed by atoms with E-state index in [1.165, 1.54) is 0 Å². The highest BCUT2D eigenvalue weighted by atomic mass is 16.3. The Morgan fingerprint density at radius 3 is 2.53 bits per heavy atom. The summed E-state index contributed by atoms with van der Waals surface area (Å²) in [7, 11) is 0. The first kappa shape index (κ1) is 11.5. The summed E-state index contributed by atoms with van der Waals surface area (Å²) in [4.78, 5) is 11.4. The average Bonchev–Trinajstić information content (AvgIpc) is 2.27. The first-order chi connectivity index (χ1) is 7.27. The normalized spacial score (nSPS) is 9.73. The zero-order chi connectivity index (χ0) is 11.1. The van der Waals surface area contributed by atoms with Crippen LogP contribution in [0.3, 0.4) is 0 Å². The molecule has 1 amide bonds. The number of aliphatic hydroxyl groups excluding tert-OH is 1. The molecule has 1 aromatic rings. The van der Waals surface area contributed by atoms with Crippen LogP contribution in [0.15, 0.2) is 24.3 Å². The number of amides is 1. The molecule has 1 aromatic carbocycles. The van der Waals surface area contributed by atoms with E-state index in [0.29, 0.717) is 5.56 Å². The smallest absolute Gasteiger partial charge is 0.251 e. The Kier molecular flexibility index (Phi) is 4.63. The van der Waals surface area contributed by atoms with E-state index >= 15 is 0 Å². The first-order valence-corrected chi connectivity index (χ1v) is 5.01. The van der Waals surface area contributed by atoms with Crippen LogP contribution in [0, 0.1) is 0 Å². The maximum Gasteiger partial charge on any atom is 0.251 e. The van der Waals surface area contributed by atoms with Gasteiger partial charge in [-0.15, -0.1) is 0 Å².